The summed E-state index contributed by atoms with van der Waals surface area (Å²) in [6.07, 6.45) is 1.51. The van der Waals surface area contributed by atoms with E-state index in [9.17, 15) is 13.2 Å². The molecule has 2 aromatic rings. The number of carbonyl (C=O) groups excluding carboxylic acids is 1. The van der Waals surface area contributed by atoms with E-state index >= 15 is 0 Å². The summed E-state index contributed by atoms with van der Waals surface area (Å²) in [4.78, 5) is 12.1. The number of anilines is 1. The molecule has 0 saturated carbocycles. The monoisotopic (exact) mass is 474 g/mol. The van der Waals surface area contributed by atoms with Crippen LogP contribution in [0.25, 0.3) is 0 Å². The lowest BCUT2D eigenvalue weighted by Crippen LogP contribution is -2.33. The predicted octanol–water partition coefficient (Wildman–Crippen LogP) is 3.74. The van der Waals surface area contributed by atoms with Crippen molar-refractivity contribution in [2.24, 2.45) is 0 Å². The number of nitrogens with one attached hydrogen (secondary N) is 1. The van der Waals surface area contributed by atoms with E-state index in [0.717, 1.165) is 10.6 Å². The topological polar surface area (TPSA) is 84.9 Å². The number of nitrogens with zero attached hydrogens (tertiary/aromatic N) is 1. The van der Waals surface area contributed by atoms with Crippen LogP contribution in [0.4, 0.5) is 5.69 Å². The van der Waals surface area contributed by atoms with Gasteiger partial charge < -0.3 is 14.8 Å². The van der Waals surface area contributed by atoms with Crippen molar-refractivity contribution in [2.75, 3.05) is 37.4 Å². The zero-order valence-electron chi connectivity index (χ0n) is 16.7. The molecule has 0 spiro atoms. The molecule has 2 aromatic carbocycles. The van der Waals surface area contributed by atoms with Gasteiger partial charge in [-0.15, -0.1) is 0 Å². The molecule has 1 N–H and O–H groups in total. The third-order valence-corrected chi connectivity index (χ3v) is 5.88. The Morgan fingerprint density at radius 2 is 1.70 bits per heavy atom. The molecule has 10 heteroatoms. The van der Waals surface area contributed by atoms with Crippen LogP contribution in [-0.4, -0.2) is 47.4 Å². The van der Waals surface area contributed by atoms with Crippen molar-refractivity contribution in [3.05, 3.63) is 52.5 Å². The molecule has 30 heavy (non-hydrogen) atoms. The molecular formula is C20H24Cl2N2O5S. The molecule has 0 aliphatic carbocycles. The van der Waals surface area contributed by atoms with E-state index in [1.165, 1.54) is 0 Å². The molecule has 0 aliphatic rings. The fourth-order valence-corrected chi connectivity index (χ4v) is 4.42. The van der Waals surface area contributed by atoms with E-state index in [1.807, 2.05) is 12.1 Å². The summed E-state index contributed by atoms with van der Waals surface area (Å²) in [7, 11) is -2.06. The van der Waals surface area contributed by atoms with Crippen LogP contribution in [0, 0.1) is 0 Å². The first kappa shape index (κ1) is 24.1. The Bertz CT molecular complexity index is 949. The van der Waals surface area contributed by atoms with Crippen LogP contribution in [0.1, 0.15) is 12.8 Å². The van der Waals surface area contributed by atoms with Gasteiger partial charge in [0, 0.05) is 13.0 Å². The number of sulfonamides is 1. The molecule has 0 fully saturated rings. The molecule has 2 rings (SSSR count). The number of hydrogen-bond donors (Lipinski definition) is 1. The van der Waals surface area contributed by atoms with Gasteiger partial charge in [-0.3, -0.25) is 9.10 Å². The van der Waals surface area contributed by atoms with Crippen molar-refractivity contribution in [3.8, 4) is 11.5 Å². The van der Waals surface area contributed by atoms with E-state index < -0.39 is 10.0 Å². The van der Waals surface area contributed by atoms with Gasteiger partial charge in [0.05, 0.1) is 35.6 Å². The fourth-order valence-electron chi connectivity index (χ4n) is 2.73. The number of carbonyl (C=O) groups is 1. The summed E-state index contributed by atoms with van der Waals surface area (Å²) in [5.74, 6) is 0.995. The van der Waals surface area contributed by atoms with Gasteiger partial charge in [-0.1, -0.05) is 41.4 Å². The second-order valence-corrected chi connectivity index (χ2v) is 9.08. The highest BCUT2D eigenvalue weighted by Gasteiger charge is 2.22. The third kappa shape index (κ3) is 6.97. The zero-order valence-corrected chi connectivity index (χ0v) is 19.1. The van der Waals surface area contributed by atoms with Gasteiger partial charge in [0.15, 0.2) is 11.5 Å². The first-order valence-electron chi connectivity index (χ1n) is 9.18. The molecule has 1 amide bonds. The smallest absolute Gasteiger partial charge is 0.232 e. The number of methoxy groups -OCH3 is 1. The Kier molecular flexibility index (Phi) is 9.08. The minimum Gasteiger partial charge on any atom is -0.493 e. The summed E-state index contributed by atoms with van der Waals surface area (Å²) in [5, 5.41) is 3.20. The first-order chi connectivity index (χ1) is 14.2. The summed E-state index contributed by atoms with van der Waals surface area (Å²) in [6, 6.07) is 12.0. The highest BCUT2D eigenvalue weighted by Crippen LogP contribution is 2.35. The van der Waals surface area contributed by atoms with E-state index in [0.29, 0.717) is 24.5 Å². The SMILES string of the molecule is COc1ccccc1OCCNC(=O)CCCN(c1c(Cl)cccc1Cl)S(C)(=O)=O. The second kappa shape index (κ2) is 11.3. The Morgan fingerprint density at radius 1 is 1.07 bits per heavy atom. The maximum atomic E-state index is 12.2. The van der Waals surface area contributed by atoms with Crippen molar-refractivity contribution in [1.29, 1.82) is 0 Å². The lowest BCUT2D eigenvalue weighted by Gasteiger charge is -2.24. The number of para-hydroxylation sites is 3. The number of ether oxygens (including phenoxy) is 2. The van der Waals surface area contributed by atoms with Gasteiger partial charge in [-0.05, 0) is 30.7 Å². The molecule has 0 atom stereocenters. The highest BCUT2D eigenvalue weighted by atomic mass is 35.5. The average molecular weight is 475 g/mol. The number of rotatable bonds is 11. The molecular weight excluding hydrogens is 451 g/mol. The van der Waals surface area contributed by atoms with Crippen LogP contribution >= 0.6 is 23.2 Å². The minimum atomic E-state index is -3.62. The van der Waals surface area contributed by atoms with Crippen molar-refractivity contribution in [3.63, 3.8) is 0 Å². The standard InChI is InChI=1S/C20H24Cl2N2O5S/c1-28-17-9-3-4-10-18(17)29-14-12-23-19(25)11-6-13-24(30(2,26)27)20-15(21)7-5-8-16(20)22/h3-5,7-10H,6,11-14H2,1-2H3,(H,23,25). The molecule has 0 bridgehead atoms. The quantitative estimate of drug-likeness (QED) is 0.501. The van der Waals surface area contributed by atoms with E-state index in [2.05, 4.69) is 5.32 Å². The molecule has 0 radical (unpaired) electrons. The van der Waals surface area contributed by atoms with Crippen molar-refractivity contribution in [1.82, 2.24) is 5.32 Å². The summed E-state index contributed by atoms with van der Waals surface area (Å²) in [5.41, 5.74) is 0.217. The van der Waals surface area contributed by atoms with Gasteiger partial charge in [0.2, 0.25) is 15.9 Å². The van der Waals surface area contributed by atoms with Gasteiger partial charge in [-0.2, -0.15) is 0 Å². The normalized spacial score (nSPS) is 11.1. The lowest BCUT2D eigenvalue weighted by molar-refractivity contribution is -0.121. The highest BCUT2D eigenvalue weighted by molar-refractivity contribution is 7.92. The summed E-state index contributed by atoms with van der Waals surface area (Å²) >= 11 is 12.3. The van der Waals surface area contributed by atoms with Crippen LogP contribution in [0.3, 0.4) is 0 Å². The Hall–Kier alpha value is -2.16. The summed E-state index contributed by atoms with van der Waals surface area (Å²) < 4.78 is 36.3. The second-order valence-electron chi connectivity index (χ2n) is 6.36. The van der Waals surface area contributed by atoms with Gasteiger partial charge in [0.25, 0.3) is 0 Å². The van der Waals surface area contributed by atoms with Crippen LogP contribution in [-0.2, 0) is 14.8 Å². The minimum absolute atomic E-state index is 0.0768. The summed E-state index contributed by atoms with van der Waals surface area (Å²) in [6.45, 7) is 0.660. The van der Waals surface area contributed by atoms with E-state index in [4.69, 9.17) is 32.7 Å². The van der Waals surface area contributed by atoms with Crippen LogP contribution < -0.4 is 19.1 Å². The molecule has 0 heterocycles. The maximum Gasteiger partial charge on any atom is 0.232 e. The zero-order chi connectivity index (χ0) is 22.1. The number of amides is 1. The molecule has 0 saturated heterocycles. The molecule has 164 valence electrons. The average Bonchev–Trinajstić information content (AvgIpc) is 2.69. The molecule has 0 aromatic heterocycles. The predicted molar refractivity (Wildman–Crippen MR) is 119 cm³/mol. The van der Waals surface area contributed by atoms with Crippen molar-refractivity contribution in [2.45, 2.75) is 12.8 Å². The van der Waals surface area contributed by atoms with Gasteiger partial charge >= 0.3 is 0 Å². The lowest BCUT2D eigenvalue weighted by atomic mass is 10.2. The van der Waals surface area contributed by atoms with E-state index in [1.54, 1.807) is 37.4 Å². The van der Waals surface area contributed by atoms with Crippen LogP contribution in [0.15, 0.2) is 42.5 Å². The number of benzene rings is 2. The third-order valence-electron chi connectivity index (χ3n) is 4.10. The number of hydrogen-bond acceptors (Lipinski definition) is 5. The molecule has 7 nitrogen and oxygen atoms in total. The number of halogens is 2. The van der Waals surface area contributed by atoms with Crippen molar-refractivity contribution >= 4 is 44.8 Å². The largest absolute Gasteiger partial charge is 0.493 e. The Morgan fingerprint density at radius 3 is 2.30 bits per heavy atom. The Balaban J connectivity index is 1.82. The van der Waals surface area contributed by atoms with Gasteiger partial charge in [-0.25, -0.2) is 8.42 Å². The van der Waals surface area contributed by atoms with Crippen LogP contribution in [0.5, 0.6) is 11.5 Å². The fraction of sp³-hybridized carbons (Fsp3) is 0.350. The van der Waals surface area contributed by atoms with E-state index in [-0.39, 0.29) is 41.2 Å². The molecule has 0 unspecified atom stereocenters. The van der Waals surface area contributed by atoms with Crippen LogP contribution in [0.2, 0.25) is 10.0 Å². The maximum absolute atomic E-state index is 12.2. The Labute approximate surface area is 186 Å². The molecule has 0 aliphatic heterocycles. The van der Waals surface area contributed by atoms with Gasteiger partial charge in [0.1, 0.15) is 6.61 Å². The first-order valence-corrected chi connectivity index (χ1v) is 11.8. The van der Waals surface area contributed by atoms with Crippen molar-refractivity contribution < 1.29 is 22.7 Å².